The lowest BCUT2D eigenvalue weighted by Gasteiger charge is -2.18. The van der Waals surface area contributed by atoms with Gasteiger partial charge in [0.15, 0.2) is 10.4 Å². The minimum atomic E-state index is -4.78. The number of hydrogen-bond donors (Lipinski definition) is 1. The van der Waals surface area contributed by atoms with Crippen molar-refractivity contribution < 1.29 is 13.2 Å². The van der Waals surface area contributed by atoms with Gasteiger partial charge in [-0.2, -0.15) is 18.3 Å². The first-order chi connectivity index (χ1) is 15.0. The molecule has 6 nitrogen and oxygen atoms in total. The lowest BCUT2D eigenvalue weighted by Crippen LogP contribution is -2.20. The highest BCUT2D eigenvalue weighted by Crippen LogP contribution is 2.36. The number of halogens is 3. The van der Waals surface area contributed by atoms with Crippen molar-refractivity contribution in [2.75, 3.05) is 0 Å². The van der Waals surface area contributed by atoms with Crippen LogP contribution in [-0.2, 0) is 12.7 Å². The smallest absolute Gasteiger partial charge is 0.298 e. The number of alkyl halides is 3. The molecule has 4 rings (SSSR count). The summed E-state index contributed by atoms with van der Waals surface area (Å²) in [6.07, 6.45) is -3.29. The lowest BCUT2D eigenvalue weighted by atomic mass is 10.1. The second-order valence-corrected chi connectivity index (χ2v) is 7.91. The van der Waals surface area contributed by atoms with Gasteiger partial charge in [0.05, 0.1) is 28.5 Å². The first kappa shape index (κ1) is 21.9. The highest BCUT2D eigenvalue weighted by Gasteiger charge is 2.36. The Morgan fingerprint density at radius 1 is 1.19 bits per heavy atom. The van der Waals surface area contributed by atoms with Crippen LogP contribution in [0.2, 0.25) is 0 Å². The van der Waals surface area contributed by atoms with Gasteiger partial charge >= 0.3 is 6.18 Å². The van der Waals surface area contributed by atoms with E-state index in [0.717, 1.165) is 17.2 Å². The molecule has 0 amide bonds. The van der Waals surface area contributed by atoms with Gasteiger partial charge in [0.1, 0.15) is 0 Å². The highest BCUT2D eigenvalue weighted by atomic mass is 32.1. The molecule has 1 N–H and O–H groups in total. The largest absolute Gasteiger partial charge is 0.417 e. The van der Waals surface area contributed by atoms with Crippen molar-refractivity contribution in [2.24, 2.45) is 0 Å². The second kappa shape index (κ2) is 7.70. The molecule has 3 heterocycles. The van der Waals surface area contributed by atoms with Gasteiger partial charge in [-0.25, -0.2) is 4.98 Å². The zero-order valence-electron chi connectivity index (χ0n) is 17.8. The molecule has 32 heavy (non-hydrogen) atoms. The van der Waals surface area contributed by atoms with Gasteiger partial charge in [-0.1, -0.05) is 12.1 Å². The minimum absolute atomic E-state index is 0.0325. The van der Waals surface area contributed by atoms with Crippen LogP contribution in [0.1, 0.15) is 29.3 Å². The fourth-order valence-corrected chi connectivity index (χ4v) is 4.09. The third kappa shape index (κ3) is 3.44. The zero-order valence-corrected chi connectivity index (χ0v) is 18.6. The molecule has 0 bridgehead atoms. The molecule has 4 aromatic rings. The molecular formula is C22H20F3N5OS. The Hall–Kier alpha value is -3.27. The normalized spacial score (nSPS) is 12.0. The monoisotopic (exact) mass is 459 g/mol. The predicted octanol–water partition coefficient (Wildman–Crippen LogP) is 5.27. The van der Waals surface area contributed by atoms with E-state index >= 15 is 0 Å². The number of rotatable bonds is 3. The number of fused-ring (bicyclic) bond motifs is 1. The van der Waals surface area contributed by atoms with Crippen LogP contribution >= 0.6 is 12.2 Å². The summed E-state index contributed by atoms with van der Waals surface area (Å²) in [5.41, 5.74) is 1.34. The van der Waals surface area contributed by atoms with Crippen molar-refractivity contribution >= 4 is 23.3 Å². The van der Waals surface area contributed by atoms with E-state index in [4.69, 9.17) is 12.2 Å². The van der Waals surface area contributed by atoms with Crippen molar-refractivity contribution in [3.8, 4) is 16.9 Å². The Labute approximate surface area is 186 Å². The van der Waals surface area contributed by atoms with E-state index in [2.05, 4.69) is 15.1 Å². The number of pyridine rings is 1. The quantitative estimate of drug-likeness (QED) is 0.424. The molecule has 0 aliphatic carbocycles. The third-order valence-electron chi connectivity index (χ3n) is 5.66. The van der Waals surface area contributed by atoms with Crippen molar-refractivity contribution in [3.05, 3.63) is 68.0 Å². The average molecular weight is 459 g/mol. The van der Waals surface area contributed by atoms with E-state index in [9.17, 15) is 18.0 Å². The predicted molar refractivity (Wildman–Crippen MR) is 119 cm³/mol. The Morgan fingerprint density at radius 2 is 1.91 bits per heavy atom. The molecule has 10 heteroatoms. The lowest BCUT2D eigenvalue weighted by molar-refractivity contribution is -0.136. The fourth-order valence-electron chi connectivity index (χ4n) is 3.81. The van der Waals surface area contributed by atoms with E-state index in [1.54, 1.807) is 23.7 Å². The van der Waals surface area contributed by atoms with E-state index in [0.29, 0.717) is 23.5 Å². The van der Waals surface area contributed by atoms with Crippen molar-refractivity contribution in [1.82, 2.24) is 24.3 Å². The van der Waals surface area contributed by atoms with Crippen molar-refractivity contribution in [1.29, 1.82) is 0 Å². The van der Waals surface area contributed by atoms with Gasteiger partial charge in [0.2, 0.25) is 0 Å². The number of aromatic amines is 1. The molecule has 0 aliphatic rings. The molecule has 0 saturated carbocycles. The molecule has 0 saturated heterocycles. The van der Waals surface area contributed by atoms with Gasteiger partial charge in [0, 0.05) is 17.8 Å². The highest BCUT2D eigenvalue weighted by molar-refractivity contribution is 7.71. The maximum Gasteiger partial charge on any atom is 0.417 e. The van der Waals surface area contributed by atoms with Crippen molar-refractivity contribution in [3.63, 3.8) is 0 Å². The Bertz CT molecular complexity index is 1480. The summed E-state index contributed by atoms with van der Waals surface area (Å²) in [5.74, 6) is 0. The van der Waals surface area contributed by atoms with Gasteiger partial charge < -0.3 is 0 Å². The molecule has 166 valence electrons. The number of H-pyrrole nitrogens is 1. The molecule has 0 fully saturated rings. The summed E-state index contributed by atoms with van der Waals surface area (Å²) >= 11 is 5.37. The topological polar surface area (TPSA) is 68.5 Å². The Morgan fingerprint density at radius 3 is 2.53 bits per heavy atom. The number of benzene rings is 1. The van der Waals surface area contributed by atoms with E-state index in [1.165, 1.54) is 10.8 Å². The van der Waals surface area contributed by atoms with Crippen LogP contribution < -0.4 is 5.56 Å². The first-order valence-corrected chi connectivity index (χ1v) is 10.3. The summed E-state index contributed by atoms with van der Waals surface area (Å²) < 4.78 is 45.4. The second-order valence-electron chi connectivity index (χ2n) is 7.52. The summed E-state index contributed by atoms with van der Waals surface area (Å²) in [6, 6.07) is 6.30. The van der Waals surface area contributed by atoms with Crippen LogP contribution in [0.3, 0.4) is 0 Å². The first-order valence-electron chi connectivity index (χ1n) is 9.91. The maximum absolute atomic E-state index is 14.1. The fraction of sp³-hybridized carbons (Fsp3) is 0.273. The summed E-state index contributed by atoms with van der Waals surface area (Å²) in [7, 11) is 0. The van der Waals surface area contributed by atoms with Gasteiger partial charge in [-0.05, 0) is 63.2 Å². The van der Waals surface area contributed by atoms with Gasteiger partial charge in [-0.15, -0.1) is 0 Å². The molecule has 0 atom stereocenters. The average Bonchev–Trinajstić information content (AvgIpc) is 3.10. The molecule has 3 aromatic heterocycles. The number of nitrogens with one attached hydrogen (secondary N) is 1. The van der Waals surface area contributed by atoms with Crippen LogP contribution in [-0.4, -0.2) is 24.3 Å². The van der Waals surface area contributed by atoms with Crippen molar-refractivity contribution in [2.45, 2.75) is 40.4 Å². The van der Waals surface area contributed by atoms with E-state index < -0.39 is 22.7 Å². The summed E-state index contributed by atoms with van der Waals surface area (Å²) in [4.78, 5) is 19.6. The van der Waals surface area contributed by atoms with Crippen LogP contribution in [0.5, 0.6) is 0 Å². The van der Waals surface area contributed by atoms with Gasteiger partial charge in [-0.3, -0.25) is 19.0 Å². The molecule has 0 radical (unpaired) electrons. The Kier molecular flexibility index (Phi) is 5.28. The number of nitrogens with zero attached hydrogens (tertiary/aromatic N) is 4. The summed E-state index contributed by atoms with van der Waals surface area (Å²) in [5, 5.41) is 3.67. The van der Waals surface area contributed by atoms with Crippen LogP contribution in [0.15, 0.2) is 35.3 Å². The molecular weight excluding hydrogens is 439 g/mol. The summed E-state index contributed by atoms with van der Waals surface area (Å²) in [6.45, 7) is 7.94. The molecule has 1 aromatic carbocycles. The molecule has 0 spiro atoms. The van der Waals surface area contributed by atoms with Crippen LogP contribution in [0, 0.1) is 25.5 Å². The number of aryl methyl sites for hydroxylation is 2. The van der Waals surface area contributed by atoms with Crippen LogP contribution in [0.25, 0.3) is 28.0 Å². The minimum Gasteiger partial charge on any atom is -0.298 e. The SMILES string of the molecule is CCn1ncc(-c2cc(C(F)(F)F)c3c(=O)[nH]c(=S)n(-c4cccc(C)c4C)c3n2)c1C. The molecule has 0 aliphatic heterocycles. The third-order valence-corrected chi connectivity index (χ3v) is 5.95. The molecule has 0 unspecified atom stereocenters. The maximum atomic E-state index is 14.1. The number of aromatic nitrogens is 5. The van der Waals surface area contributed by atoms with E-state index in [-0.39, 0.29) is 16.1 Å². The van der Waals surface area contributed by atoms with Crippen LogP contribution in [0.4, 0.5) is 13.2 Å². The standard InChI is InChI=1S/C22H20F3N5OS/c1-5-29-13(4)14(10-26-29)16-9-15(22(23,24)25)18-19(27-16)30(21(32)28-20(18)31)17-8-6-7-11(2)12(17)3/h6-10H,5H2,1-4H3,(H,28,31,32). The number of hydrogen-bond acceptors (Lipinski definition) is 4. The zero-order chi connectivity index (χ0) is 23.4. The van der Waals surface area contributed by atoms with Gasteiger partial charge in [0.25, 0.3) is 5.56 Å². The van der Waals surface area contributed by atoms with E-state index in [1.807, 2.05) is 26.8 Å². The Balaban J connectivity index is 2.21.